The van der Waals surface area contributed by atoms with Gasteiger partial charge < -0.3 is 11.1 Å². The van der Waals surface area contributed by atoms with Gasteiger partial charge in [-0.15, -0.1) is 0 Å². The predicted molar refractivity (Wildman–Crippen MR) is 68.2 cm³/mol. The highest BCUT2D eigenvalue weighted by Crippen LogP contribution is 1.88. The maximum absolute atomic E-state index is 5.41. The molecule has 0 aliphatic carbocycles. The smallest absolute Gasteiger partial charge is 0.0916 e. The van der Waals surface area contributed by atoms with E-state index in [-0.39, 0.29) is 0 Å². The highest BCUT2D eigenvalue weighted by Gasteiger charge is 1.78. The Bertz CT molecular complexity index is 96.5. The van der Waals surface area contributed by atoms with Gasteiger partial charge in [0.1, 0.15) is 0 Å². The summed E-state index contributed by atoms with van der Waals surface area (Å²) in [5, 5.41) is 2.84. The summed E-state index contributed by atoms with van der Waals surface area (Å²) >= 11 is 0. The van der Waals surface area contributed by atoms with Crippen molar-refractivity contribution in [3.8, 4) is 0 Å². The zero-order valence-corrected chi connectivity index (χ0v) is 11.0. The number of nitrogens with one attached hydrogen (secondary N) is 1. The fourth-order valence-electron chi connectivity index (χ4n) is 0.402. The summed E-state index contributed by atoms with van der Waals surface area (Å²) in [7, 11) is 1.82. The van der Waals surface area contributed by atoms with E-state index in [9.17, 15) is 0 Å². The van der Waals surface area contributed by atoms with E-state index < -0.39 is 0 Å². The fourth-order valence-corrected chi connectivity index (χ4v) is 0.402. The number of rotatable bonds is 4. The van der Waals surface area contributed by atoms with Crippen molar-refractivity contribution in [2.24, 2.45) is 5.73 Å². The second-order valence-electron chi connectivity index (χ2n) is 2.70. The van der Waals surface area contributed by atoms with Crippen LogP contribution in [0.1, 0.15) is 60.3 Å². The average Bonchev–Trinajstić information content (AvgIpc) is 2.28. The van der Waals surface area contributed by atoms with Crippen LogP contribution in [0.2, 0.25) is 0 Å². The first-order valence-electron chi connectivity index (χ1n) is 5.86. The first-order chi connectivity index (χ1) is 6.72. The molecule has 0 saturated heterocycles. The molecule has 3 N–H and O–H groups in total. The lowest BCUT2D eigenvalue weighted by Crippen LogP contribution is -2.13. The van der Waals surface area contributed by atoms with Crippen molar-refractivity contribution in [3.05, 3.63) is 11.9 Å². The number of hydrogen-bond acceptors (Lipinski definition) is 2. The van der Waals surface area contributed by atoms with E-state index in [4.69, 9.17) is 5.73 Å². The van der Waals surface area contributed by atoms with Gasteiger partial charge in [0.05, 0.1) is 5.82 Å². The van der Waals surface area contributed by atoms with Crippen molar-refractivity contribution in [3.63, 3.8) is 0 Å². The van der Waals surface area contributed by atoms with Crippen molar-refractivity contribution >= 4 is 0 Å². The Morgan fingerprint density at radius 1 is 1.07 bits per heavy atom. The fraction of sp³-hybridized carbons (Fsp3) is 0.833. The average molecular weight is 202 g/mol. The van der Waals surface area contributed by atoms with Crippen molar-refractivity contribution in [2.75, 3.05) is 7.05 Å². The summed E-state index contributed by atoms with van der Waals surface area (Å²) in [6.45, 7) is 10.5. The van der Waals surface area contributed by atoms with Crippen LogP contribution in [0.3, 0.4) is 0 Å². The number of unbranched alkanes of at least 4 members (excludes halogenated alkanes) is 2. The number of hydrogen-bond donors (Lipinski definition) is 2. The van der Waals surface area contributed by atoms with E-state index >= 15 is 0 Å². The largest absolute Gasteiger partial charge is 0.386 e. The highest BCUT2D eigenvalue weighted by molar-refractivity contribution is 4.91. The Morgan fingerprint density at radius 2 is 1.50 bits per heavy atom. The molecule has 0 aliphatic rings. The van der Waals surface area contributed by atoms with Crippen LogP contribution < -0.4 is 11.1 Å². The van der Waals surface area contributed by atoms with Crippen molar-refractivity contribution in [1.82, 2.24) is 5.32 Å². The van der Waals surface area contributed by atoms with Gasteiger partial charge in [-0.1, -0.05) is 53.9 Å². The van der Waals surface area contributed by atoms with Crippen LogP contribution in [0.4, 0.5) is 0 Å². The maximum atomic E-state index is 5.41. The molecule has 0 aliphatic heterocycles. The molecule has 2 heteroatoms. The second kappa shape index (κ2) is 22.8. The van der Waals surface area contributed by atoms with Crippen LogP contribution in [0.15, 0.2) is 11.9 Å². The molecule has 0 aromatic heterocycles. The lowest BCUT2D eigenvalue weighted by Gasteiger charge is -1.95. The second-order valence-corrected chi connectivity index (χ2v) is 2.70. The van der Waals surface area contributed by atoms with Gasteiger partial charge in [-0.25, -0.2) is 0 Å². The molecule has 0 rings (SSSR count). The van der Waals surface area contributed by atoms with Gasteiger partial charge in [0.2, 0.25) is 0 Å². The molecule has 88 valence electrons. The van der Waals surface area contributed by atoms with Gasteiger partial charge >= 0.3 is 0 Å². The van der Waals surface area contributed by atoms with Gasteiger partial charge in [-0.2, -0.15) is 0 Å². The third kappa shape index (κ3) is 30.2. The van der Waals surface area contributed by atoms with Gasteiger partial charge in [0, 0.05) is 7.05 Å². The van der Waals surface area contributed by atoms with Crippen LogP contribution in [0.25, 0.3) is 0 Å². The molecule has 0 aromatic rings. The van der Waals surface area contributed by atoms with Crippen molar-refractivity contribution in [2.45, 2.75) is 60.3 Å². The van der Waals surface area contributed by atoms with Crippen LogP contribution in [0.5, 0.6) is 0 Å². The standard InChI is InChI=1S/C6H14N2.C4H10.C2H6/c1-3-4-5-6(7)8-2;1-3-4-2;1-2/h5,8H,3-4,7H2,1-2H3;3-4H2,1-2H3;1-2H3/b6-5+;;. The molecule has 0 bridgehead atoms. The summed E-state index contributed by atoms with van der Waals surface area (Å²) < 4.78 is 0. The normalized spacial score (nSPS) is 9.14. The van der Waals surface area contributed by atoms with E-state index in [2.05, 4.69) is 26.1 Å². The van der Waals surface area contributed by atoms with Gasteiger partial charge in [0.25, 0.3) is 0 Å². The molecular formula is C12H30N2. The third-order valence-electron chi connectivity index (χ3n) is 1.44. The Balaban J connectivity index is -0.000000170. The first kappa shape index (κ1) is 19.0. The molecule has 0 unspecified atom stereocenters. The van der Waals surface area contributed by atoms with E-state index in [1.807, 2.05) is 27.0 Å². The predicted octanol–water partition coefficient (Wildman–Crippen LogP) is 3.64. The monoisotopic (exact) mass is 202 g/mol. The maximum Gasteiger partial charge on any atom is 0.0916 e. The van der Waals surface area contributed by atoms with Crippen LogP contribution >= 0.6 is 0 Å². The van der Waals surface area contributed by atoms with Gasteiger partial charge in [-0.05, 0) is 12.5 Å². The molecule has 0 fully saturated rings. The van der Waals surface area contributed by atoms with Gasteiger partial charge in [-0.3, -0.25) is 0 Å². The zero-order valence-electron chi connectivity index (χ0n) is 11.0. The van der Waals surface area contributed by atoms with E-state index in [1.54, 1.807) is 0 Å². The number of allylic oxidation sites excluding steroid dienone is 1. The van der Waals surface area contributed by atoms with E-state index in [0.717, 1.165) is 18.7 Å². The molecule has 0 spiro atoms. The quantitative estimate of drug-likeness (QED) is 0.730. The lowest BCUT2D eigenvalue weighted by molar-refractivity contribution is 0.886. The Morgan fingerprint density at radius 3 is 1.71 bits per heavy atom. The topological polar surface area (TPSA) is 38.0 Å². The summed E-state index contributed by atoms with van der Waals surface area (Å²) in [6.07, 6.45) is 6.84. The minimum atomic E-state index is 0.770. The minimum absolute atomic E-state index is 0.770. The minimum Gasteiger partial charge on any atom is -0.386 e. The first-order valence-corrected chi connectivity index (χ1v) is 5.86. The molecule has 2 nitrogen and oxygen atoms in total. The van der Waals surface area contributed by atoms with Crippen LogP contribution in [-0.4, -0.2) is 7.05 Å². The van der Waals surface area contributed by atoms with Gasteiger partial charge in [0.15, 0.2) is 0 Å². The molecule has 0 aromatic carbocycles. The molecule has 0 saturated carbocycles. The van der Waals surface area contributed by atoms with E-state index in [0.29, 0.717) is 0 Å². The summed E-state index contributed by atoms with van der Waals surface area (Å²) in [5.74, 6) is 0.770. The summed E-state index contributed by atoms with van der Waals surface area (Å²) in [5.41, 5.74) is 5.41. The molecular weight excluding hydrogens is 172 g/mol. The highest BCUT2D eigenvalue weighted by atomic mass is 14.9. The van der Waals surface area contributed by atoms with Crippen LogP contribution in [-0.2, 0) is 0 Å². The molecule has 14 heavy (non-hydrogen) atoms. The summed E-state index contributed by atoms with van der Waals surface area (Å²) in [4.78, 5) is 0. The van der Waals surface area contributed by atoms with Crippen molar-refractivity contribution < 1.29 is 0 Å². The lowest BCUT2D eigenvalue weighted by atomic mass is 10.3. The zero-order chi connectivity index (χ0) is 11.8. The Labute approximate surface area is 91.0 Å². The Kier molecular flexibility index (Phi) is 31.0. The molecule has 0 atom stereocenters. The summed E-state index contributed by atoms with van der Waals surface area (Å²) in [6, 6.07) is 0. The Hall–Kier alpha value is -0.660. The molecule has 0 amide bonds. The van der Waals surface area contributed by atoms with Crippen LogP contribution in [0, 0.1) is 0 Å². The molecule has 0 radical (unpaired) electrons. The van der Waals surface area contributed by atoms with E-state index in [1.165, 1.54) is 12.8 Å². The van der Waals surface area contributed by atoms with Crippen molar-refractivity contribution in [1.29, 1.82) is 0 Å². The third-order valence-corrected chi connectivity index (χ3v) is 1.44. The molecule has 0 heterocycles. The SMILES string of the molecule is CC.CCC/C=C(\N)NC.CCCC. The number of nitrogens with two attached hydrogens (primary N) is 1.